The summed E-state index contributed by atoms with van der Waals surface area (Å²) in [5, 5.41) is 11.2. The number of hydrogen-bond acceptors (Lipinski definition) is 6. The van der Waals surface area contributed by atoms with E-state index in [-0.39, 0.29) is 36.8 Å². The Morgan fingerprint density at radius 3 is 2.44 bits per heavy atom. The van der Waals surface area contributed by atoms with Crippen molar-refractivity contribution in [1.29, 1.82) is 0 Å². The van der Waals surface area contributed by atoms with E-state index < -0.39 is 48.0 Å². The Morgan fingerprint density at radius 1 is 1.14 bits per heavy atom. The fourth-order valence-corrected chi connectivity index (χ4v) is 3.61. The maximum absolute atomic E-state index is 12.9. The van der Waals surface area contributed by atoms with Gasteiger partial charge in [-0.05, 0) is 36.6 Å². The molecule has 3 rings (SSSR count). The second-order valence-electron chi connectivity index (χ2n) is 8.12. The molecule has 3 aromatic rings. The van der Waals surface area contributed by atoms with Gasteiger partial charge >= 0.3 is 11.9 Å². The molecule has 36 heavy (non-hydrogen) atoms. The molecule has 1 aromatic carbocycles. The Hall–Kier alpha value is -3.87. The summed E-state index contributed by atoms with van der Waals surface area (Å²) in [7, 11) is 1.51. The normalized spacial score (nSPS) is 12.5. The lowest BCUT2D eigenvalue weighted by molar-refractivity contribution is -0.185. The van der Waals surface area contributed by atoms with E-state index in [0.29, 0.717) is 11.3 Å². The number of ether oxygens (including phenoxy) is 1. The molecule has 1 amide bonds. The summed E-state index contributed by atoms with van der Waals surface area (Å²) in [6.45, 7) is -1.62. The Bertz CT molecular complexity index is 1390. The third-order valence-electron chi connectivity index (χ3n) is 5.67. The van der Waals surface area contributed by atoms with E-state index >= 15 is 0 Å². The van der Waals surface area contributed by atoms with Crippen LogP contribution in [-0.2, 0) is 17.9 Å². The number of carbonyl (C=O) groups excluding carboxylic acids is 1. The van der Waals surface area contributed by atoms with Gasteiger partial charge in [0.05, 0.1) is 31.6 Å². The summed E-state index contributed by atoms with van der Waals surface area (Å²) in [6, 6.07) is 8.06. The van der Waals surface area contributed by atoms with E-state index in [4.69, 9.17) is 9.84 Å². The zero-order valence-electron chi connectivity index (χ0n) is 19.3. The highest BCUT2D eigenvalue weighted by Gasteiger charge is 2.38. The van der Waals surface area contributed by atoms with Gasteiger partial charge in [0.2, 0.25) is 5.91 Å². The van der Waals surface area contributed by atoms with Crippen LogP contribution in [0, 0.1) is 5.92 Å². The number of amides is 1. The number of aliphatic hydroxyl groups excluding tert-OH is 1. The zero-order valence-corrected chi connectivity index (χ0v) is 19.3. The largest absolute Gasteiger partial charge is 0.497 e. The molecule has 0 fully saturated rings. The number of pyridine rings is 1. The zero-order chi connectivity index (χ0) is 26.5. The van der Waals surface area contributed by atoms with Gasteiger partial charge in [0.15, 0.2) is 0 Å². The molecular formula is C23H25F3N4O6. The number of fused-ring (bicyclic) bond motifs is 1. The predicted molar refractivity (Wildman–Crippen MR) is 124 cm³/mol. The maximum atomic E-state index is 12.9. The number of aromatic amines is 1. The third kappa shape index (κ3) is 6.22. The highest BCUT2D eigenvalue weighted by Crippen LogP contribution is 2.29. The van der Waals surface area contributed by atoms with Crippen molar-refractivity contribution in [2.75, 3.05) is 20.3 Å². The van der Waals surface area contributed by atoms with E-state index in [0.717, 1.165) is 9.13 Å². The molecule has 0 bridgehead atoms. The van der Waals surface area contributed by atoms with Crippen molar-refractivity contribution in [2.24, 2.45) is 5.92 Å². The predicted octanol–water partition coefficient (Wildman–Crippen LogP) is 0.976. The van der Waals surface area contributed by atoms with E-state index in [9.17, 15) is 32.3 Å². The van der Waals surface area contributed by atoms with Crippen LogP contribution in [0.5, 0.6) is 5.75 Å². The van der Waals surface area contributed by atoms with Gasteiger partial charge in [-0.1, -0.05) is 12.1 Å². The first-order chi connectivity index (χ1) is 17.0. The summed E-state index contributed by atoms with van der Waals surface area (Å²) < 4.78 is 44.9. The molecule has 10 nitrogen and oxygen atoms in total. The molecule has 0 aliphatic carbocycles. The number of rotatable bonds is 10. The van der Waals surface area contributed by atoms with Gasteiger partial charge in [-0.15, -0.1) is 0 Å². The van der Waals surface area contributed by atoms with Crippen molar-refractivity contribution in [3.8, 4) is 5.75 Å². The van der Waals surface area contributed by atoms with Gasteiger partial charge in [-0.2, -0.15) is 13.2 Å². The average Bonchev–Trinajstić information content (AvgIpc) is 2.83. The minimum absolute atomic E-state index is 0.0237. The van der Waals surface area contributed by atoms with Crippen molar-refractivity contribution >= 4 is 16.8 Å². The van der Waals surface area contributed by atoms with Crippen LogP contribution in [0.15, 0.2) is 50.9 Å². The third-order valence-corrected chi connectivity index (χ3v) is 5.67. The standard InChI is InChI=1S/C23H25F3N4O6/c1-36-16-6-4-14(5-7-16)11-30-20(33)17-8-10-29(21(34)19(17)28-22(30)35)12-18(32)27-9-2-3-15(13-31)23(24,25)26/h4-8,10,15,31H,2-3,9,11-13H2,1H3,(H,27,32)(H,28,35). The van der Waals surface area contributed by atoms with Crippen molar-refractivity contribution < 1.29 is 27.8 Å². The van der Waals surface area contributed by atoms with Crippen molar-refractivity contribution in [3.05, 3.63) is 73.3 Å². The molecule has 194 valence electrons. The molecular weight excluding hydrogens is 485 g/mol. The Labute approximate surface area is 201 Å². The van der Waals surface area contributed by atoms with E-state index in [2.05, 4.69) is 10.3 Å². The molecule has 2 aromatic heterocycles. The molecule has 13 heteroatoms. The molecule has 0 radical (unpaired) electrons. The summed E-state index contributed by atoms with van der Waals surface area (Å²) in [5.41, 5.74) is -1.85. The van der Waals surface area contributed by atoms with E-state index in [1.807, 2.05) is 0 Å². The summed E-state index contributed by atoms with van der Waals surface area (Å²) in [6.07, 6.45) is -3.68. The monoisotopic (exact) mass is 510 g/mol. The fraction of sp³-hybridized carbons (Fsp3) is 0.391. The average molecular weight is 510 g/mol. The molecule has 0 saturated heterocycles. The number of nitrogens with zero attached hydrogens (tertiary/aromatic N) is 2. The topological polar surface area (TPSA) is 135 Å². The number of benzene rings is 1. The second-order valence-corrected chi connectivity index (χ2v) is 8.12. The lowest BCUT2D eigenvalue weighted by Crippen LogP contribution is -2.39. The van der Waals surface area contributed by atoms with E-state index in [1.165, 1.54) is 19.4 Å². The van der Waals surface area contributed by atoms with Gasteiger partial charge < -0.3 is 24.7 Å². The van der Waals surface area contributed by atoms with Crippen LogP contribution in [0.1, 0.15) is 18.4 Å². The van der Waals surface area contributed by atoms with E-state index in [1.54, 1.807) is 24.3 Å². The minimum Gasteiger partial charge on any atom is -0.497 e. The second kappa shape index (κ2) is 11.2. The lowest BCUT2D eigenvalue weighted by atomic mass is 10.0. The van der Waals surface area contributed by atoms with Crippen LogP contribution < -0.4 is 26.9 Å². The number of hydrogen-bond donors (Lipinski definition) is 3. The van der Waals surface area contributed by atoms with Crippen LogP contribution in [0.4, 0.5) is 13.2 Å². The van der Waals surface area contributed by atoms with Gasteiger partial charge in [0, 0.05) is 12.7 Å². The van der Waals surface area contributed by atoms with Crippen LogP contribution in [0.2, 0.25) is 0 Å². The fourth-order valence-electron chi connectivity index (χ4n) is 3.61. The number of alkyl halides is 3. The number of aliphatic hydroxyl groups is 1. The first kappa shape index (κ1) is 26.7. The Morgan fingerprint density at radius 2 is 1.83 bits per heavy atom. The van der Waals surface area contributed by atoms with Crippen LogP contribution in [0.25, 0.3) is 10.9 Å². The Kier molecular flexibility index (Phi) is 8.35. The van der Waals surface area contributed by atoms with Crippen LogP contribution in [-0.4, -0.2) is 51.6 Å². The smallest absolute Gasteiger partial charge is 0.394 e. The van der Waals surface area contributed by atoms with Gasteiger partial charge in [0.25, 0.3) is 11.1 Å². The molecule has 1 atom stereocenters. The molecule has 0 saturated carbocycles. The number of carbonyl (C=O) groups is 1. The van der Waals surface area contributed by atoms with Gasteiger partial charge in [-0.25, -0.2) is 4.79 Å². The number of H-pyrrole nitrogens is 1. The molecule has 3 N–H and O–H groups in total. The van der Waals surface area contributed by atoms with Crippen molar-refractivity contribution in [3.63, 3.8) is 0 Å². The van der Waals surface area contributed by atoms with Gasteiger partial charge in [-0.3, -0.25) is 19.0 Å². The number of aromatic nitrogens is 3. The molecule has 1 unspecified atom stereocenters. The molecule has 0 spiro atoms. The molecule has 0 aliphatic rings. The number of halogens is 3. The summed E-state index contributed by atoms with van der Waals surface area (Å²) in [5.74, 6) is -1.90. The van der Waals surface area contributed by atoms with Crippen molar-refractivity contribution in [2.45, 2.75) is 32.1 Å². The first-order valence-corrected chi connectivity index (χ1v) is 11.0. The Balaban J connectivity index is 1.72. The first-order valence-electron chi connectivity index (χ1n) is 11.0. The summed E-state index contributed by atoms with van der Waals surface area (Å²) >= 11 is 0. The van der Waals surface area contributed by atoms with Gasteiger partial charge in [0.1, 0.15) is 17.8 Å². The quantitative estimate of drug-likeness (QED) is 0.348. The number of methoxy groups -OCH3 is 1. The number of nitrogens with one attached hydrogen (secondary N) is 2. The highest BCUT2D eigenvalue weighted by atomic mass is 19.4. The van der Waals surface area contributed by atoms with Crippen LogP contribution in [0.3, 0.4) is 0 Å². The molecule has 0 aliphatic heterocycles. The molecule has 2 heterocycles. The summed E-state index contributed by atoms with van der Waals surface area (Å²) in [4.78, 5) is 52.8. The van der Waals surface area contributed by atoms with Crippen molar-refractivity contribution in [1.82, 2.24) is 19.4 Å². The SMILES string of the molecule is COc1ccc(Cn2c(=O)[nH]c3c(=O)n(CC(=O)NCCCC(CO)C(F)(F)F)ccc3c2=O)cc1. The minimum atomic E-state index is -4.53. The van der Waals surface area contributed by atoms with Crippen LogP contribution >= 0.6 is 0 Å². The highest BCUT2D eigenvalue weighted by molar-refractivity contribution is 5.78. The lowest BCUT2D eigenvalue weighted by Gasteiger charge is -2.17. The maximum Gasteiger partial charge on any atom is 0.394 e.